The number of nitrogens with one attached hydrogen (secondary N) is 2. The average molecular weight is 240 g/mol. The van der Waals surface area contributed by atoms with Gasteiger partial charge in [0.1, 0.15) is 6.26 Å². The van der Waals surface area contributed by atoms with Crippen molar-refractivity contribution in [3.63, 3.8) is 0 Å². The monoisotopic (exact) mass is 240 g/mol. The Morgan fingerprint density at radius 1 is 1.47 bits per heavy atom. The minimum Gasteiger partial charge on any atom is -0.472 e. The minimum atomic E-state index is -0.570. The smallest absolute Gasteiger partial charge is 0.254 e. The third-order valence-corrected chi connectivity index (χ3v) is 2.02. The van der Waals surface area contributed by atoms with Crippen molar-refractivity contribution in [2.45, 2.75) is 19.4 Å². The van der Waals surface area contributed by atoms with Crippen LogP contribution in [0.15, 0.2) is 23.0 Å². The van der Waals surface area contributed by atoms with Crippen LogP contribution < -0.4 is 10.6 Å². The second kappa shape index (κ2) is 6.70. The average Bonchev–Trinajstić information content (AvgIpc) is 2.79. The van der Waals surface area contributed by atoms with Gasteiger partial charge in [-0.2, -0.15) is 0 Å². The lowest BCUT2D eigenvalue weighted by molar-refractivity contribution is -0.121. The molecule has 0 saturated heterocycles. The fourth-order valence-corrected chi connectivity index (χ4v) is 1.14. The lowest BCUT2D eigenvalue weighted by Gasteiger charge is -2.07. The Morgan fingerprint density at radius 2 is 2.24 bits per heavy atom. The molecule has 0 aliphatic carbocycles. The molecular formula is C11H16N2O4. The zero-order valence-corrected chi connectivity index (χ0v) is 9.60. The highest BCUT2D eigenvalue weighted by atomic mass is 16.3. The lowest BCUT2D eigenvalue weighted by atomic mass is 10.3. The number of rotatable bonds is 6. The minimum absolute atomic E-state index is 0.177. The van der Waals surface area contributed by atoms with E-state index in [1.165, 1.54) is 12.5 Å². The molecule has 6 nitrogen and oxygen atoms in total. The van der Waals surface area contributed by atoms with E-state index in [9.17, 15) is 9.59 Å². The van der Waals surface area contributed by atoms with Crippen molar-refractivity contribution >= 4 is 11.8 Å². The highest BCUT2D eigenvalue weighted by Crippen LogP contribution is 1.98. The van der Waals surface area contributed by atoms with E-state index in [4.69, 9.17) is 9.52 Å². The summed E-state index contributed by atoms with van der Waals surface area (Å²) in [7, 11) is 0. The molecule has 0 unspecified atom stereocenters. The molecule has 0 aliphatic rings. The maximum atomic E-state index is 11.4. The van der Waals surface area contributed by atoms with Crippen LogP contribution in [0.4, 0.5) is 0 Å². The number of carbonyl (C=O) groups excluding carboxylic acids is 2. The Labute approximate surface area is 99.0 Å². The van der Waals surface area contributed by atoms with Gasteiger partial charge in [-0.25, -0.2) is 0 Å². The van der Waals surface area contributed by atoms with Crippen molar-refractivity contribution < 1.29 is 19.1 Å². The van der Waals surface area contributed by atoms with Gasteiger partial charge in [-0.05, 0) is 13.0 Å². The molecule has 6 heteroatoms. The van der Waals surface area contributed by atoms with Crippen LogP contribution in [-0.4, -0.2) is 36.1 Å². The summed E-state index contributed by atoms with van der Waals surface area (Å²) in [5.41, 5.74) is 0.425. The van der Waals surface area contributed by atoms with Crippen LogP contribution in [0.3, 0.4) is 0 Å². The number of aliphatic hydroxyl groups excluding tert-OH is 1. The fourth-order valence-electron chi connectivity index (χ4n) is 1.14. The molecule has 1 heterocycles. The van der Waals surface area contributed by atoms with E-state index in [1.807, 2.05) is 0 Å². The maximum absolute atomic E-state index is 11.4. The van der Waals surface area contributed by atoms with Crippen LogP contribution in [0.5, 0.6) is 0 Å². The van der Waals surface area contributed by atoms with Gasteiger partial charge < -0.3 is 20.2 Å². The summed E-state index contributed by atoms with van der Waals surface area (Å²) in [4.78, 5) is 22.6. The maximum Gasteiger partial charge on any atom is 0.254 e. The largest absolute Gasteiger partial charge is 0.472 e. The van der Waals surface area contributed by atoms with Crippen molar-refractivity contribution in [1.82, 2.24) is 10.6 Å². The lowest BCUT2D eigenvalue weighted by Crippen LogP contribution is -2.34. The van der Waals surface area contributed by atoms with Crippen molar-refractivity contribution in [2.24, 2.45) is 0 Å². The highest BCUT2D eigenvalue weighted by Gasteiger charge is 2.07. The van der Waals surface area contributed by atoms with Crippen molar-refractivity contribution in [2.75, 3.05) is 13.1 Å². The second-order valence-corrected chi connectivity index (χ2v) is 3.67. The second-order valence-electron chi connectivity index (χ2n) is 3.67. The van der Waals surface area contributed by atoms with Crippen LogP contribution in [0.2, 0.25) is 0 Å². The van der Waals surface area contributed by atoms with E-state index < -0.39 is 6.10 Å². The fraction of sp³-hybridized carbons (Fsp3) is 0.455. The van der Waals surface area contributed by atoms with Crippen molar-refractivity contribution in [3.05, 3.63) is 24.2 Å². The molecule has 0 bridgehead atoms. The van der Waals surface area contributed by atoms with Gasteiger partial charge in [0.2, 0.25) is 5.91 Å². The molecule has 2 amide bonds. The van der Waals surface area contributed by atoms with Crippen LogP contribution in [0, 0.1) is 0 Å². The molecule has 1 rings (SSSR count). The molecule has 0 radical (unpaired) electrons. The quantitative estimate of drug-likeness (QED) is 0.647. The van der Waals surface area contributed by atoms with Crippen LogP contribution in [-0.2, 0) is 4.79 Å². The van der Waals surface area contributed by atoms with E-state index in [-0.39, 0.29) is 31.3 Å². The number of carbonyl (C=O) groups is 2. The van der Waals surface area contributed by atoms with Gasteiger partial charge in [0.25, 0.3) is 5.91 Å². The van der Waals surface area contributed by atoms with Gasteiger partial charge in [0, 0.05) is 19.5 Å². The Hall–Kier alpha value is -1.82. The first kappa shape index (κ1) is 13.2. The molecule has 0 fully saturated rings. The van der Waals surface area contributed by atoms with Crippen molar-refractivity contribution in [3.8, 4) is 0 Å². The standard InChI is InChI=1S/C11H16N2O4/c1-8(14)6-13-10(15)2-4-12-11(16)9-3-5-17-7-9/h3,5,7-8,14H,2,4,6H2,1H3,(H,12,16)(H,13,15)/t8-/m0/s1. The number of aliphatic hydroxyl groups is 1. The summed E-state index contributed by atoms with van der Waals surface area (Å²) in [6.07, 6.45) is 2.35. The molecule has 1 atom stereocenters. The van der Waals surface area contributed by atoms with Gasteiger partial charge in [0.05, 0.1) is 17.9 Å². The molecular weight excluding hydrogens is 224 g/mol. The predicted molar refractivity (Wildman–Crippen MR) is 60.3 cm³/mol. The Balaban J connectivity index is 2.15. The molecule has 3 N–H and O–H groups in total. The van der Waals surface area contributed by atoms with E-state index >= 15 is 0 Å². The van der Waals surface area contributed by atoms with Gasteiger partial charge in [0.15, 0.2) is 0 Å². The SMILES string of the molecule is C[C@H](O)CNC(=O)CCNC(=O)c1ccoc1. The molecule has 94 valence electrons. The first-order valence-corrected chi connectivity index (χ1v) is 5.34. The van der Waals surface area contributed by atoms with E-state index in [0.717, 1.165) is 0 Å². The first-order valence-electron chi connectivity index (χ1n) is 5.34. The molecule has 0 spiro atoms. The zero-order valence-electron chi connectivity index (χ0n) is 9.60. The topological polar surface area (TPSA) is 91.6 Å². The van der Waals surface area contributed by atoms with Crippen molar-refractivity contribution in [1.29, 1.82) is 0 Å². The molecule has 1 aromatic heterocycles. The summed E-state index contributed by atoms with van der Waals surface area (Å²) in [6.45, 7) is 2.05. The Bertz CT molecular complexity index is 360. The van der Waals surface area contributed by atoms with Crippen LogP contribution >= 0.6 is 0 Å². The molecule has 0 saturated carbocycles. The van der Waals surface area contributed by atoms with Gasteiger partial charge in [-0.3, -0.25) is 9.59 Å². The van der Waals surface area contributed by atoms with Gasteiger partial charge >= 0.3 is 0 Å². The predicted octanol–water partition coefficient (Wildman–Crippen LogP) is -0.104. The molecule has 0 aromatic carbocycles. The summed E-state index contributed by atoms with van der Waals surface area (Å²) in [6, 6.07) is 1.54. The van der Waals surface area contributed by atoms with Gasteiger partial charge in [-0.15, -0.1) is 0 Å². The number of hydrogen-bond donors (Lipinski definition) is 3. The Morgan fingerprint density at radius 3 is 2.82 bits per heavy atom. The van der Waals surface area contributed by atoms with E-state index in [1.54, 1.807) is 13.0 Å². The number of furan rings is 1. The first-order chi connectivity index (χ1) is 8.09. The van der Waals surface area contributed by atoms with Gasteiger partial charge in [-0.1, -0.05) is 0 Å². The summed E-state index contributed by atoms with van der Waals surface area (Å²) in [5.74, 6) is -0.486. The molecule has 17 heavy (non-hydrogen) atoms. The summed E-state index contributed by atoms with van der Waals surface area (Å²) < 4.78 is 4.76. The number of amides is 2. The normalized spacial score (nSPS) is 11.9. The zero-order chi connectivity index (χ0) is 12.7. The number of hydrogen-bond acceptors (Lipinski definition) is 4. The van der Waals surface area contributed by atoms with Crippen LogP contribution in [0.1, 0.15) is 23.7 Å². The molecule has 0 aliphatic heterocycles. The third kappa shape index (κ3) is 5.17. The summed E-state index contributed by atoms with van der Waals surface area (Å²) >= 11 is 0. The van der Waals surface area contributed by atoms with E-state index in [0.29, 0.717) is 5.56 Å². The Kier molecular flexibility index (Phi) is 5.22. The van der Waals surface area contributed by atoms with Crippen LogP contribution in [0.25, 0.3) is 0 Å². The van der Waals surface area contributed by atoms with E-state index in [2.05, 4.69) is 10.6 Å². The molecule has 1 aromatic rings. The third-order valence-electron chi connectivity index (χ3n) is 2.02. The highest BCUT2D eigenvalue weighted by molar-refractivity contribution is 5.93. The summed E-state index contributed by atoms with van der Waals surface area (Å²) in [5, 5.41) is 14.1.